The van der Waals surface area contributed by atoms with Gasteiger partial charge in [-0.1, -0.05) is 13.3 Å². The maximum absolute atomic E-state index is 9.32. The largest absolute Gasteiger partial charge is 0.394 e. The standard InChI is InChI=1S/C14H24N4O2/c1-4-5-12-13(15-3)16-9-17-14(12)18-6-11(7-19)20-8-10(18)2/h9-11,19H,4-8H2,1-3H3,(H,15,16,17). The van der Waals surface area contributed by atoms with Crippen molar-refractivity contribution in [2.24, 2.45) is 0 Å². The molecule has 0 spiro atoms. The normalized spacial score (nSPS) is 22.9. The number of anilines is 2. The van der Waals surface area contributed by atoms with Crippen molar-refractivity contribution in [2.75, 3.05) is 37.0 Å². The highest BCUT2D eigenvalue weighted by Crippen LogP contribution is 2.28. The van der Waals surface area contributed by atoms with Crippen LogP contribution in [0, 0.1) is 0 Å². The quantitative estimate of drug-likeness (QED) is 0.840. The van der Waals surface area contributed by atoms with Crippen LogP contribution in [0.2, 0.25) is 0 Å². The van der Waals surface area contributed by atoms with Crippen LogP contribution in [-0.4, -0.2) is 54.0 Å². The molecule has 0 bridgehead atoms. The summed E-state index contributed by atoms with van der Waals surface area (Å²) in [5, 5.41) is 12.5. The topological polar surface area (TPSA) is 70.5 Å². The Morgan fingerprint density at radius 1 is 1.50 bits per heavy atom. The van der Waals surface area contributed by atoms with Crippen LogP contribution in [0.25, 0.3) is 0 Å². The van der Waals surface area contributed by atoms with Gasteiger partial charge in [0, 0.05) is 19.2 Å². The smallest absolute Gasteiger partial charge is 0.137 e. The average molecular weight is 280 g/mol. The van der Waals surface area contributed by atoms with E-state index in [1.807, 2.05) is 7.05 Å². The summed E-state index contributed by atoms with van der Waals surface area (Å²) in [5.74, 6) is 1.84. The van der Waals surface area contributed by atoms with Crippen LogP contribution in [0.5, 0.6) is 0 Å². The molecule has 2 heterocycles. The number of morpholine rings is 1. The Morgan fingerprint density at radius 2 is 2.30 bits per heavy atom. The van der Waals surface area contributed by atoms with Crippen LogP contribution in [0.1, 0.15) is 25.8 Å². The molecule has 6 heteroatoms. The van der Waals surface area contributed by atoms with Gasteiger partial charge in [0.15, 0.2) is 0 Å². The van der Waals surface area contributed by atoms with E-state index in [0.29, 0.717) is 13.2 Å². The summed E-state index contributed by atoms with van der Waals surface area (Å²) in [6.45, 7) is 5.57. The van der Waals surface area contributed by atoms with Gasteiger partial charge in [0.1, 0.15) is 18.0 Å². The second-order valence-electron chi connectivity index (χ2n) is 5.16. The van der Waals surface area contributed by atoms with E-state index in [4.69, 9.17) is 4.74 Å². The van der Waals surface area contributed by atoms with Crippen molar-refractivity contribution in [2.45, 2.75) is 38.8 Å². The number of hydrogen-bond acceptors (Lipinski definition) is 6. The van der Waals surface area contributed by atoms with Gasteiger partial charge >= 0.3 is 0 Å². The van der Waals surface area contributed by atoms with Gasteiger partial charge in [-0.2, -0.15) is 0 Å². The highest BCUT2D eigenvalue weighted by Gasteiger charge is 2.28. The first-order valence-corrected chi connectivity index (χ1v) is 7.22. The minimum atomic E-state index is -0.145. The SMILES string of the molecule is CCCc1c(NC)ncnc1N1CC(CO)OCC1C. The minimum Gasteiger partial charge on any atom is -0.394 e. The molecular weight excluding hydrogens is 256 g/mol. The van der Waals surface area contributed by atoms with Gasteiger partial charge in [0.2, 0.25) is 0 Å². The minimum absolute atomic E-state index is 0.0380. The molecule has 1 fully saturated rings. The Kier molecular flexibility index (Phi) is 5.14. The number of nitrogens with one attached hydrogen (secondary N) is 1. The van der Waals surface area contributed by atoms with Crippen LogP contribution < -0.4 is 10.2 Å². The molecule has 0 saturated carbocycles. The molecule has 2 atom stereocenters. The first-order chi connectivity index (χ1) is 9.71. The van der Waals surface area contributed by atoms with E-state index >= 15 is 0 Å². The lowest BCUT2D eigenvalue weighted by Gasteiger charge is -2.39. The molecule has 0 aromatic carbocycles. The molecule has 1 aliphatic heterocycles. The summed E-state index contributed by atoms with van der Waals surface area (Å²) in [7, 11) is 1.88. The fourth-order valence-corrected chi connectivity index (χ4v) is 2.57. The Morgan fingerprint density at radius 3 is 2.95 bits per heavy atom. The molecule has 2 unspecified atom stereocenters. The van der Waals surface area contributed by atoms with Gasteiger partial charge in [0.25, 0.3) is 0 Å². The third-order valence-electron chi connectivity index (χ3n) is 3.64. The summed E-state index contributed by atoms with van der Waals surface area (Å²) in [6, 6.07) is 0.244. The van der Waals surface area contributed by atoms with Gasteiger partial charge < -0.3 is 20.1 Å². The van der Waals surface area contributed by atoms with Gasteiger partial charge in [0.05, 0.1) is 25.4 Å². The Labute approximate surface area is 120 Å². The van der Waals surface area contributed by atoms with Crippen molar-refractivity contribution in [3.05, 3.63) is 11.9 Å². The summed E-state index contributed by atoms with van der Waals surface area (Å²) in [4.78, 5) is 11.0. The van der Waals surface area contributed by atoms with E-state index in [0.717, 1.165) is 30.0 Å². The zero-order valence-electron chi connectivity index (χ0n) is 12.5. The molecule has 1 aromatic heterocycles. The zero-order chi connectivity index (χ0) is 14.5. The van der Waals surface area contributed by atoms with Crippen LogP contribution in [0.4, 0.5) is 11.6 Å². The second kappa shape index (κ2) is 6.85. The number of rotatable bonds is 5. The van der Waals surface area contributed by atoms with Gasteiger partial charge in [-0.25, -0.2) is 9.97 Å². The highest BCUT2D eigenvalue weighted by atomic mass is 16.5. The molecule has 1 aromatic rings. The van der Waals surface area contributed by atoms with E-state index in [1.54, 1.807) is 6.33 Å². The van der Waals surface area contributed by atoms with Crippen LogP contribution in [0.3, 0.4) is 0 Å². The number of aliphatic hydroxyl groups excluding tert-OH is 1. The molecule has 20 heavy (non-hydrogen) atoms. The van der Waals surface area contributed by atoms with Gasteiger partial charge in [-0.15, -0.1) is 0 Å². The average Bonchev–Trinajstić information content (AvgIpc) is 2.48. The zero-order valence-corrected chi connectivity index (χ0v) is 12.5. The van der Waals surface area contributed by atoms with E-state index < -0.39 is 0 Å². The van der Waals surface area contributed by atoms with E-state index in [-0.39, 0.29) is 18.8 Å². The molecule has 1 aliphatic rings. The van der Waals surface area contributed by atoms with Crippen LogP contribution in [-0.2, 0) is 11.2 Å². The second-order valence-corrected chi connectivity index (χ2v) is 5.16. The Hall–Kier alpha value is -1.40. The summed E-state index contributed by atoms with van der Waals surface area (Å²) in [5.41, 5.74) is 1.14. The predicted molar refractivity (Wildman–Crippen MR) is 79.2 cm³/mol. The Bertz CT molecular complexity index is 441. The number of aliphatic hydroxyl groups is 1. The van der Waals surface area contributed by atoms with Crippen molar-refractivity contribution in [1.29, 1.82) is 0 Å². The molecule has 0 aliphatic carbocycles. The highest BCUT2D eigenvalue weighted by molar-refractivity contribution is 5.59. The fourth-order valence-electron chi connectivity index (χ4n) is 2.57. The lowest BCUT2D eigenvalue weighted by atomic mass is 10.1. The molecular formula is C14H24N4O2. The maximum atomic E-state index is 9.32. The van der Waals surface area contributed by atoms with Crippen molar-refractivity contribution < 1.29 is 9.84 Å². The lowest BCUT2D eigenvalue weighted by molar-refractivity contribution is -0.0106. The summed E-state index contributed by atoms with van der Waals surface area (Å²) < 4.78 is 5.60. The molecule has 112 valence electrons. The van der Waals surface area contributed by atoms with Crippen LogP contribution >= 0.6 is 0 Å². The van der Waals surface area contributed by atoms with E-state index in [2.05, 4.69) is 34.0 Å². The number of hydrogen-bond donors (Lipinski definition) is 2. The molecule has 1 saturated heterocycles. The molecule has 2 N–H and O–H groups in total. The van der Waals surface area contributed by atoms with Crippen molar-refractivity contribution in [1.82, 2.24) is 9.97 Å². The van der Waals surface area contributed by atoms with Crippen molar-refractivity contribution >= 4 is 11.6 Å². The van der Waals surface area contributed by atoms with Crippen LogP contribution in [0.15, 0.2) is 6.33 Å². The van der Waals surface area contributed by atoms with Gasteiger partial charge in [-0.3, -0.25) is 0 Å². The monoisotopic (exact) mass is 280 g/mol. The third kappa shape index (κ3) is 3.02. The van der Waals surface area contributed by atoms with E-state index in [1.165, 1.54) is 0 Å². The summed E-state index contributed by atoms with van der Waals surface area (Å²) in [6.07, 6.45) is 3.42. The maximum Gasteiger partial charge on any atom is 0.137 e. The summed E-state index contributed by atoms with van der Waals surface area (Å²) >= 11 is 0. The first kappa shape index (κ1) is 15.0. The first-order valence-electron chi connectivity index (χ1n) is 7.22. The van der Waals surface area contributed by atoms with Crippen molar-refractivity contribution in [3.63, 3.8) is 0 Å². The lowest BCUT2D eigenvalue weighted by Crippen LogP contribution is -2.50. The van der Waals surface area contributed by atoms with Gasteiger partial charge in [-0.05, 0) is 13.3 Å². The molecule has 0 amide bonds. The predicted octanol–water partition coefficient (Wildman–Crippen LogP) is 1.06. The van der Waals surface area contributed by atoms with E-state index in [9.17, 15) is 5.11 Å². The number of aromatic nitrogens is 2. The molecule has 6 nitrogen and oxygen atoms in total. The molecule has 0 radical (unpaired) electrons. The fraction of sp³-hybridized carbons (Fsp3) is 0.714. The number of nitrogens with zero attached hydrogens (tertiary/aromatic N) is 3. The number of ether oxygens (including phenoxy) is 1. The third-order valence-corrected chi connectivity index (χ3v) is 3.64. The van der Waals surface area contributed by atoms with Crippen molar-refractivity contribution in [3.8, 4) is 0 Å². The Balaban J connectivity index is 2.34. The molecule has 2 rings (SSSR count).